The Hall–Kier alpha value is -0.780. The summed E-state index contributed by atoms with van der Waals surface area (Å²) in [6.07, 6.45) is 2.76. The first kappa shape index (κ1) is 9.76. The minimum Gasteiger partial charge on any atom is -0.311 e. The van der Waals surface area contributed by atoms with E-state index < -0.39 is 0 Å². The highest BCUT2D eigenvalue weighted by atomic mass is 32.1. The number of thiazole rings is 2. The van der Waals surface area contributed by atoms with E-state index in [4.69, 9.17) is 0 Å². The van der Waals surface area contributed by atoms with Gasteiger partial charge in [-0.2, -0.15) is 0 Å². The van der Waals surface area contributed by atoms with Crippen LogP contribution < -0.4 is 5.32 Å². The van der Waals surface area contributed by atoms with E-state index in [1.54, 1.807) is 22.7 Å². The van der Waals surface area contributed by atoms with Gasteiger partial charge in [-0.15, -0.1) is 22.7 Å². The van der Waals surface area contributed by atoms with Gasteiger partial charge in [-0.3, -0.25) is 0 Å². The molecular formula is C9H11N3S2. The lowest BCUT2D eigenvalue weighted by Crippen LogP contribution is -2.18. The highest BCUT2D eigenvalue weighted by molar-refractivity contribution is 7.09. The zero-order chi connectivity index (χ0) is 9.80. The number of nitrogens with zero attached hydrogens (tertiary/aromatic N) is 2. The zero-order valence-electron chi connectivity index (χ0n) is 7.80. The van der Waals surface area contributed by atoms with Crippen molar-refractivity contribution in [2.75, 3.05) is 7.05 Å². The van der Waals surface area contributed by atoms with Crippen molar-refractivity contribution in [1.82, 2.24) is 15.3 Å². The Morgan fingerprint density at radius 1 is 1.50 bits per heavy atom. The van der Waals surface area contributed by atoms with Crippen LogP contribution in [-0.4, -0.2) is 17.0 Å². The van der Waals surface area contributed by atoms with E-state index in [2.05, 4.69) is 20.7 Å². The molecule has 2 heterocycles. The summed E-state index contributed by atoms with van der Waals surface area (Å²) in [5.74, 6) is 0. The lowest BCUT2D eigenvalue weighted by Gasteiger charge is -2.11. The molecule has 0 amide bonds. The van der Waals surface area contributed by atoms with Crippen molar-refractivity contribution >= 4 is 22.7 Å². The molecule has 2 rings (SSSR count). The molecular weight excluding hydrogens is 214 g/mol. The monoisotopic (exact) mass is 225 g/mol. The van der Waals surface area contributed by atoms with E-state index in [0.29, 0.717) is 0 Å². The summed E-state index contributed by atoms with van der Waals surface area (Å²) >= 11 is 3.32. The number of rotatable bonds is 4. The Bertz CT molecular complexity index is 355. The van der Waals surface area contributed by atoms with Gasteiger partial charge in [0.1, 0.15) is 0 Å². The Balaban J connectivity index is 2.08. The summed E-state index contributed by atoms with van der Waals surface area (Å²) < 4.78 is 0. The molecule has 1 atom stereocenters. The minimum absolute atomic E-state index is 0.285. The van der Waals surface area contributed by atoms with Crippen LogP contribution in [0.1, 0.15) is 16.7 Å². The van der Waals surface area contributed by atoms with Crippen LogP contribution in [0.4, 0.5) is 0 Å². The number of nitrogens with one attached hydrogen (secondary N) is 1. The molecule has 0 aromatic carbocycles. The van der Waals surface area contributed by atoms with Gasteiger partial charge < -0.3 is 5.32 Å². The first-order chi connectivity index (χ1) is 6.90. The van der Waals surface area contributed by atoms with Crippen molar-refractivity contribution in [2.24, 2.45) is 0 Å². The second-order valence-corrected chi connectivity index (χ2v) is 4.58. The van der Waals surface area contributed by atoms with Crippen LogP contribution in [0, 0.1) is 0 Å². The van der Waals surface area contributed by atoms with Crippen molar-refractivity contribution in [1.29, 1.82) is 0 Å². The largest absolute Gasteiger partial charge is 0.311 e. The summed E-state index contributed by atoms with van der Waals surface area (Å²) in [7, 11) is 1.96. The van der Waals surface area contributed by atoms with E-state index in [-0.39, 0.29) is 6.04 Å². The minimum atomic E-state index is 0.285. The number of aromatic nitrogens is 2. The van der Waals surface area contributed by atoms with Crippen LogP contribution in [0.5, 0.6) is 0 Å². The Morgan fingerprint density at radius 2 is 2.43 bits per heavy atom. The molecule has 74 valence electrons. The molecule has 0 aliphatic heterocycles. The predicted octanol–water partition coefficient (Wildman–Crippen LogP) is 2.10. The number of hydrogen-bond acceptors (Lipinski definition) is 5. The standard InChI is InChI=1S/C9H11N3S2/c1-10-7(8-5-13-6-12-8)4-9-11-2-3-14-9/h2-3,5-7,10H,4H2,1H3. The van der Waals surface area contributed by atoms with Crippen molar-refractivity contribution in [3.05, 3.63) is 33.2 Å². The fourth-order valence-corrected chi connectivity index (χ4v) is 2.55. The van der Waals surface area contributed by atoms with E-state index in [1.807, 2.05) is 24.1 Å². The fraction of sp³-hybridized carbons (Fsp3) is 0.333. The molecule has 3 nitrogen and oxygen atoms in total. The van der Waals surface area contributed by atoms with Crippen LogP contribution in [0.3, 0.4) is 0 Å². The topological polar surface area (TPSA) is 37.8 Å². The van der Waals surface area contributed by atoms with Gasteiger partial charge in [0.2, 0.25) is 0 Å². The summed E-state index contributed by atoms with van der Waals surface area (Å²) in [5.41, 5.74) is 2.97. The maximum Gasteiger partial charge on any atom is 0.0944 e. The molecule has 0 bridgehead atoms. The second-order valence-electron chi connectivity index (χ2n) is 2.88. The number of likely N-dealkylation sites (N-methyl/N-ethyl adjacent to an activating group) is 1. The van der Waals surface area contributed by atoms with E-state index in [1.165, 1.54) is 0 Å². The molecule has 0 aliphatic carbocycles. The SMILES string of the molecule is CNC(Cc1nccs1)c1cscn1. The molecule has 0 fully saturated rings. The maximum absolute atomic E-state index is 4.30. The zero-order valence-corrected chi connectivity index (χ0v) is 9.44. The average molecular weight is 225 g/mol. The summed E-state index contributed by atoms with van der Waals surface area (Å²) in [5, 5.41) is 8.49. The molecule has 2 aromatic rings. The second kappa shape index (κ2) is 4.63. The molecule has 0 aliphatic rings. The average Bonchev–Trinajstić information content (AvgIpc) is 2.86. The lowest BCUT2D eigenvalue weighted by molar-refractivity contribution is 0.577. The van der Waals surface area contributed by atoms with E-state index in [0.717, 1.165) is 17.1 Å². The van der Waals surface area contributed by atoms with Gasteiger partial charge in [0.25, 0.3) is 0 Å². The fourth-order valence-electron chi connectivity index (χ4n) is 1.28. The third-order valence-electron chi connectivity index (χ3n) is 2.02. The van der Waals surface area contributed by atoms with E-state index >= 15 is 0 Å². The van der Waals surface area contributed by atoms with Crippen LogP contribution in [0.2, 0.25) is 0 Å². The molecule has 14 heavy (non-hydrogen) atoms. The third-order valence-corrected chi connectivity index (χ3v) is 3.43. The van der Waals surface area contributed by atoms with Gasteiger partial charge in [-0.25, -0.2) is 9.97 Å². The van der Waals surface area contributed by atoms with Crippen molar-refractivity contribution in [2.45, 2.75) is 12.5 Å². The molecule has 0 saturated carbocycles. The molecule has 5 heteroatoms. The predicted molar refractivity (Wildman–Crippen MR) is 59.7 cm³/mol. The lowest BCUT2D eigenvalue weighted by atomic mass is 10.1. The van der Waals surface area contributed by atoms with Gasteiger partial charge >= 0.3 is 0 Å². The highest BCUT2D eigenvalue weighted by Crippen LogP contribution is 2.18. The molecule has 1 unspecified atom stereocenters. The summed E-state index contributed by atoms with van der Waals surface area (Å²) in [6, 6.07) is 0.285. The van der Waals surface area contributed by atoms with Gasteiger partial charge in [-0.05, 0) is 7.05 Å². The van der Waals surface area contributed by atoms with Gasteiger partial charge in [0.15, 0.2) is 0 Å². The van der Waals surface area contributed by atoms with Crippen LogP contribution in [-0.2, 0) is 6.42 Å². The molecule has 2 aromatic heterocycles. The third kappa shape index (κ3) is 2.17. The molecule has 1 N–H and O–H groups in total. The Morgan fingerprint density at radius 3 is 3.00 bits per heavy atom. The number of hydrogen-bond donors (Lipinski definition) is 1. The quantitative estimate of drug-likeness (QED) is 0.866. The van der Waals surface area contributed by atoms with Gasteiger partial charge in [-0.1, -0.05) is 0 Å². The first-order valence-electron chi connectivity index (χ1n) is 4.34. The Labute approximate surface area is 90.9 Å². The molecule has 0 saturated heterocycles. The van der Waals surface area contributed by atoms with Gasteiger partial charge in [0.05, 0.1) is 22.3 Å². The normalized spacial score (nSPS) is 12.9. The van der Waals surface area contributed by atoms with Gasteiger partial charge in [0, 0.05) is 23.4 Å². The van der Waals surface area contributed by atoms with Crippen molar-refractivity contribution in [3.63, 3.8) is 0 Å². The smallest absolute Gasteiger partial charge is 0.0944 e. The van der Waals surface area contributed by atoms with Crippen LogP contribution >= 0.6 is 22.7 Å². The molecule has 0 radical (unpaired) electrons. The van der Waals surface area contributed by atoms with E-state index in [9.17, 15) is 0 Å². The van der Waals surface area contributed by atoms with Crippen molar-refractivity contribution in [3.8, 4) is 0 Å². The van der Waals surface area contributed by atoms with Crippen LogP contribution in [0.15, 0.2) is 22.5 Å². The van der Waals surface area contributed by atoms with Crippen LogP contribution in [0.25, 0.3) is 0 Å². The summed E-state index contributed by atoms with van der Waals surface area (Å²) in [4.78, 5) is 8.57. The maximum atomic E-state index is 4.30. The molecule has 0 spiro atoms. The Kier molecular flexibility index (Phi) is 3.23. The first-order valence-corrected chi connectivity index (χ1v) is 6.16. The highest BCUT2D eigenvalue weighted by Gasteiger charge is 2.12. The van der Waals surface area contributed by atoms with Crippen molar-refractivity contribution < 1.29 is 0 Å². The summed E-state index contributed by atoms with van der Waals surface area (Å²) in [6.45, 7) is 0.